The van der Waals surface area contributed by atoms with Crippen LogP contribution in [0.2, 0.25) is 0 Å². The molecule has 31 heavy (non-hydrogen) atoms. The molecule has 3 heterocycles. The Kier molecular flexibility index (Phi) is 4.91. The summed E-state index contributed by atoms with van der Waals surface area (Å²) in [4.78, 5) is 18.0. The number of carbonyl (C=O) groups is 1. The smallest absolute Gasteiger partial charge is 0.255 e. The number of para-hydroxylation sites is 1. The molecule has 1 unspecified atom stereocenters. The first-order valence-corrected chi connectivity index (χ1v) is 10.5. The van der Waals surface area contributed by atoms with E-state index in [9.17, 15) is 4.79 Å². The number of allylic oxidation sites excluding steroid dienone is 1. The molecule has 154 valence electrons. The molecule has 1 aliphatic heterocycles. The number of amides is 1. The molecule has 0 bridgehead atoms. The van der Waals surface area contributed by atoms with E-state index in [2.05, 4.69) is 36.6 Å². The summed E-state index contributed by atoms with van der Waals surface area (Å²) >= 11 is 3.54. The lowest BCUT2D eigenvalue weighted by molar-refractivity contribution is -0.113. The van der Waals surface area contributed by atoms with Crippen molar-refractivity contribution in [1.82, 2.24) is 14.8 Å². The number of rotatable bonds is 4. The van der Waals surface area contributed by atoms with Crippen LogP contribution in [0.1, 0.15) is 18.5 Å². The fraction of sp³-hybridized carbons (Fsp3) is 0.0870. The molecule has 8 heteroatoms. The maximum atomic E-state index is 13.4. The van der Waals surface area contributed by atoms with Crippen molar-refractivity contribution in [2.24, 2.45) is 0 Å². The summed E-state index contributed by atoms with van der Waals surface area (Å²) in [6.45, 7) is 1.87. The van der Waals surface area contributed by atoms with E-state index in [0.29, 0.717) is 28.8 Å². The van der Waals surface area contributed by atoms with Gasteiger partial charge in [-0.3, -0.25) is 4.79 Å². The van der Waals surface area contributed by atoms with Crippen molar-refractivity contribution in [2.45, 2.75) is 13.0 Å². The Bertz CT molecular complexity index is 1280. The summed E-state index contributed by atoms with van der Waals surface area (Å²) in [5.74, 6) is 1.35. The standard InChI is InChI=1S/C23H18BrN5O2/c1-14-19(22(30)26-17-9-3-2-4-10-17)20(15-7-5-8-16(24)13-15)29-23(25-14)27-21(28-29)18-11-6-12-31-18/h2-13,20H,1H3,(H,26,30)(H,25,27,28). The first-order chi connectivity index (χ1) is 15.1. The lowest BCUT2D eigenvalue weighted by atomic mass is 9.95. The Morgan fingerprint density at radius 1 is 1.13 bits per heavy atom. The number of hydrogen-bond acceptors (Lipinski definition) is 5. The van der Waals surface area contributed by atoms with E-state index in [-0.39, 0.29) is 5.91 Å². The van der Waals surface area contributed by atoms with Gasteiger partial charge in [0, 0.05) is 15.9 Å². The molecular weight excluding hydrogens is 458 g/mol. The van der Waals surface area contributed by atoms with Gasteiger partial charge in [-0.1, -0.05) is 46.3 Å². The SMILES string of the molecule is CC1=C(C(=O)Nc2ccccc2)C(c2cccc(Br)c2)n2nc(-c3ccco3)nc2N1. The molecule has 0 spiro atoms. The number of nitrogens with zero attached hydrogens (tertiary/aromatic N) is 3. The van der Waals surface area contributed by atoms with Crippen molar-refractivity contribution in [3.05, 3.63) is 94.3 Å². The molecule has 0 fully saturated rings. The second-order valence-corrected chi connectivity index (χ2v) is 8.04. The molecule has 2 aromatic heterocycles. The normalized spacial score (nSPS) is 15.4. The van der Waals surface area contributed by atoms with Crippen LogP contribution in [-0.2, 0) is 4.79 Å². The van der Waals surface area contributed by atoms with Crippen LogP contribution in [0.5, 0.6) is 0 Å². The van der Waals surface area contributed by atoms with Crippen LogP contribution in [-0.4, -0.2) is 20.7 Å². The second kappa shape index (κ2) is 7.88. The molecule has 1 aliphatic rings. The van der Waals surface area contributed by atoms with Crippen LogP contribution in [0.4, 0.5) is 11.6 Å². The molecule has 0 aliphatic carbocycles. The van der Waals surface area contributed by atoms with Gasteiger partial charge < -0.3 is 15.1 Å². The number of benzene rings is 2. The van der Waals surface area contributed by atoms with E-state index in [0.717, 1.165) is 15.7 Å². The highest BCUT2D eigenvalue weighted by Gasteiger charge is 2.34. The van der Waals surface area contributed by atoms with Crippen molar-refractivity contribution in [3.63, 3.8) is 0 Å². The van der Waals surface area contributed by atoms with Crippen LogP contribution in [0.15, 0.2) is 93.2 Å². The molecule has 7 nitrogen and oxygen atoms in total. The number of halogens is 1. The molecule has 1 atom stereocenters. The van der Waals surface area contributed by atoms with E-state index in [4.69, 9.17) is 4.42 Å². The van der Waals surface area contributed by atoms with E-state index in [1.54, 1.807) is 23.1 Å². The molecule has 2 N–H and O–H groups in total. The lowest BCUT2D eigenvalue weighted by Crippen LogP contribution is -2.31. The highest BCUT2D eigenvalue weighted by atomic mass is 79.9. The summed E-state index contributed by atoms with van der Waals surface area (Å²) in [6.07, 6.45) is 1.58. The Morgan fingerprint density at radius 3 is 2.71 bits per heavy atom. The maximum Gasteiger partial charge on any atom is 0.255 e. The molecule has 0 saturated heterocycles. The fourth-order valence-electron chi connectivity index (χ4n) is 3.66. The second-order valence-electron chi connectivity index (χ2n) is 7.12. The van der Waals surface area contributed by atoms with E-state index in [1.165, 1.54) is 0 Å². The van der Waals surface area contributed by atoms with Crippen LogP contribution < -0.4 is 10.6 Å². The largest absolute Gasteiger partial charge is 0.461 e. The van der Waals surface area contributed by atoms with Gasteiger partial charge in [0.1, 0.15) is 6.04 Å². The Labute approximate surface area is 186 Å². The minimum absolute atomic E-state index is 0.207. The average Bonchev–Trinajstić information content (AvgIpc) is 3.43. The van der Waals surface area contributed by atoms with Crippen molar-refractivity contribution in [3.8, 4) is 11.6 Å². The minimum atomic E-state index is -0.464. The molecule has 5 rings (SSSR count). The molecule has 4 aromatic rings. The van der Waals surface area contributed by atoms with Crippen LogP contribution in [0.25, 0.3) is 11.6 Å². The average molecular weight is 476 g/mol. The third kappa shape index (κ3) is 3.66. The predicted octanol–water partition coefficient (Wildman–Crippen LogP) is 5.23. The van der Waals surface area contributed by atoms with Crippen LogP contribution >= 0.6 is 15.9 Å². The molecular formula is C23H18BrN5O2. The molecule has 0 saturated carbocycles. The van der Waals surface area contributed by atoms with Gasteiger partial charge in [-0.15, -0.1) is 5.10 Å². The number of nitrogens with one attached hydrogen (secondary N) is 2. The minimum Gasteiger partial charge on any atom is -0.461 e. The number of carbonyl (C=O) groups excluding carboxylic acids is 1. The predicted molar refractivity (Wildman–Crippen MR) is 121 cm³/mol. The summed E-state index contributed by atoms with van der Waals surface area (Å²) in [6, 6.07) is 20.4. The molecule has 2 aromatic carbocycles. The third-order valence-electron chi connectivity index (χ3n) is 5.03. The topological polar surface area (TPSA) is 85.0 Å². The zero-order valence-electron chi connectivity index (χ0n) is 16.5. The zero-order valence-corrected chi connectivity index (χ0v) is 18.1. The lowest BCUT2D eigenvalue weighted by Gasteiger charge is -2.28. The maximum absolute atomic E-state index is 13.4. The van der Waals surface area contributed by atoms with E-state index in [1.807, 2.05) is 61.5 Å². The van der Waals surface area contributed by atoms with Crippen molar-refractivity contribution >= 4 is 33.5 Å². The number of furan rings is 1. The van der Waals surface area contributed by atoms with Gasteiger partial charge in [-0.25, -0.2) is 4.68 Å². The Morgan fingerprint density at radius 2 is 1.97 bits per heavy atom. The number of anilines is 2. The van der Waals surface area contributed by atoms with Gasteiger partial charge in [-0.05, 0) is 48.9 Å². The Balaban J connectivity index is 1.62. The van der Waals surface area contributed by atoms with E-state index >= 15 is 0 Å². The fourth-order valence-corrected chi connectivity index (χ4v) is 4.08. The van der Waals surface area contributed by atoms with Gasteiger partial charge in [0.05, 0.1) is 11.8 Å². The third-order valence-corrected chi connectivity index (χ3v) is 5.53. The van der Waals surface area contributed by atoms with Gasteiger partial charge in [0.2, 0.25) is 11.8 Å². The van der Waals surface area contributed by atoms with Gasteiger partial charge in [0.25, 0.3) is 5.91 Å². The van der Waals surface area contributed by atoms with Gasteiger partial charge in [0.15, 0.2) is 5.76 Å². The summed E-state index contributed by atoms with van der Waals surface area (Å²) in [7, 11) is 0. The monoisotopic (exact) mass is 475 g/mol. The quantitative estimate of drug-likeness (QED) is 0.422. The highest BCUT2D eigenvalue weighted by molar-refractivity contribution is 9.10. The van der Waals surface area contributed by atoms with Crippen LogP contribution in [0, 0.1) is 0 Å². The van der Waals surface area contributed by atoms with Crippen molar-refractivity contribution < 1.29 is 9.21 Å². The molecule has 0 radical (unpaired) electrons. The summed E-state index contributed by atoms with van der Waals surface area (Å²) in [5, 5.41) is 10.9. The summed E-state index contributed by atoms with van der Waals surface area (Å²) in [5.41, 5.74) is 2.90. The van der Waals surface area contributed by atoms with Crippen molar-refractivity contribution in [1.29, 1.82) is 0 Å². The first kappa shape index (κ1) is 19.3. The van der Waals surface area contributed by atoms with E-state index < -0.39 is 6.04 Å². The highest BCUT2D eigenvalue weighted by Crippen LogP contribution is 2.37. The van der Waals surface area contributed by atoms with Gasteiger partial charge >= 0.3 is 0 Å². The number of hydrogen-bond donors (Lipinski definition) is 2. The first-order valence-electron chi connectivity index (χ1n) is 9.70. The van der Waals surface area contributed by atoms with Gasteiger partial charge in [-0.2, -0.15) is 4.98 Å². The Hall–Kier alpha value is -3.65. The zero-order chi connectivity index (χ0) is 21.4. The number of fused-ring (bicyclic) bond motifs is 1. The number of aromatic nitrogens is 3. The molecule has 1 amide bonds. The van der Waals surface area contributed by atoms with Crippen LogP contribution in [0.3, 0.4) is 0 Å². The summed E-state index contributed by atoms with van der Waals surface area (Å²) < 4.78 is 8.11. The van der Waals surface area contributed by atoms with Crippen molar-refractivity contribution in [2.75, 3.05) is 10.6 Å².